The molecule has 7 nitrogen and oxygen atoms in total. The third-order valence-corrected chi connectivity index (χ3v) is 7.44. The van der Waals surface area contributed by atoms with Gasteiger partial charge < -0.3 is 5.32 Å². The van der Waals surface area contributed by atoms with Crippen molar-refractivity contribution in [2.24, 2.45) is 0 Å². The summed E-state index contributed by atoms with van der Waals surface area (Å²) in [4.78, 5) is -0.194. The van der Waals surface area contributed by atoms with E-state index in [9.17, 15) is 21.2 Å². The van der Waals surface area contributed by atoms with Crippen LogP contribution in [0.4, 0.5) is 10.1 Å². The fourth-order valence-corrected chi connectivity index (χ4v) is 4.84. The van der Waals surface area contributed by atoms with Crippen LogP contribution < -0.4 is 10.0 Å². The molecule has 0 radical (unpaired) electrons. The summed E-state index contributed by atoms with van der Waals surface area (Å²) in [6.45, 7) is 5.90. The van der Waals surface area contributed by atoms with E-state index in [2.05, 4.69) is 10.0 Å². The highest BCUT2D eigenvalue weighted by Crippen LogP contribution is 2.25. The first-order chi connectivity index (χ1) is 11.1. The van der Waals surface area contributed by atoms with Crippen LogP contribution in [0.25, 0.3) is 0 Å². The van der Waals surface area contributed by atoms with Crippen LogP contribution in [0, 0.1) is 5.82 Å². The highest BCUT2D eigenvalue weighted by molar-refractivity contribution is 7.92. The van der Waals surface area contributed by atoms with Crippen molar-refractivity contribution in [3.05, 3.63) is 24.0 Å². The number of hydrogen-bond donors (Lipinski definition) is 2. The molecule has 24 heavy (non-hydrogen) atoms. The van der Waals surface area contributed by atoms with Gasteiger partial charge in [-0.2, -0.15) is 4.31 Å². The van der Waals surface area contributed by atoms with Gasteiger partial charge in [0.05, 0.1) is 16.3 Å². The third kappa shape index (κ3) is 3.88. The van der Waals surface area contributed by atoms with E-state index < -0.39 is 25.9 Å². The number of nitrogens with zero attached hydrogens (tertiary/aromatic N) is 1. The number of sulfonamides is 2. The molecule has 0 amide bonds. The Morgan fingerprint density at radius 2 is 1.96 bits per heavy atom. The van der Waals surface area contributed by atoms with Crippen molar-refractivity contribution in [3.63, 3.8) is 0 Å². The van der Waals surface area contributed by atoms with Gasteiger partial charge in [-0.25, -0.2) is 21.2 Å². The van der Waals surface area contributed by atoms with Crippen molar-refractivity contribution in [1.82, 2.24) is 9.62 Å². The van der Waals surface area contributed by atoms with E-state index in [1.807, 2.05) is 6.92 Å². The van der Waals surface area contributed by atoms with E-state index >= 15 is 0 Å². The Balaban J connectivity index is 2.34. The van der Waals surface area contributed by atoms with Crippen molar-refractivity contribution in [1.29, 1.82) is 0 Å². The second kappa shape index (κ2) is 6.95. The molecule has 2 rings (SSSR count). The predicted octanol–water partition coefficient (Wildman–Crippen LogP) is 0.958. The first-order valence-corrected chi connectivity index (χ1v) is 10.7. The molecule has 10 heteroatoms. The van der Waals surface area contributed by atoms with Crippen LogP contribution in [0.3, 0.4) is 0 Å². The number of hydrogen-bond acceptors (Lipinski definition) is 5. The number of rotatable bonds is 5. The number of nitrogens with one attached hydrogen (secondary N) is 2. The molecule has 1 saturated heterocycles. The predicted molar refractivity (Wildman–Crippen MR) is 90.3 cm³/mol. The van der Waals surface area contributed by atoms with E-state index in [-0.39, 0.29) is 28.4 Å². The quantitative estimate of drug-likeness (QED) is 0.794. The zero-order chi connectivity index (χ0) is 18.1. The summed E-state index contributed by atoms with van der Waals surface area (Å²) in [5.41, 5.74) is -0.266. The summed E-state index contributed by atoms with van der Waals surface area (Å²) in [6.07, 6.45) is 0. The Morgan fingerprint density at radius 1 is 1.29 bits per heavy atom. The van der Waals surface area contributed by atoms with Gasteiger partial charge in [-0.1, -0.05) is 0 Å². The van der Waals surface area contributed by atoms with Crippen LogP contribution in [-0.2, 0) is 20.0 Å². The van der Waals surface area contributed by atoms with Crippen molar-refractivity contribution >= 4 is 25.7 Å². The summed E-state index contributed by atoms with van der Waals surface area (Å²) < 4.78 is 66.1. The van der Waals surface area contributed by atoms with E-state index in [0.717, 1.165) is 12.1 Å². The Hall–Kier alpha value is -1.23. The molecule has 1 fully saturated rings. The molecule has 2 N–H and O–H groups in total. The van der Waals surface area contributed by atoms with Crippen LogP contribution in [0.2, 0.25) is 0 Å². The minimum atomic E-state index is -3.86. The second-order valence-electron chi connectivity index (χ2n) is 5.75. The summed E-state index contributed by atoms with van der Waals surface area (Å²) in [5.74, 6) is -1.13. The molecule has 1 aliphatic rings. The van der Waals surface area contributed by atoms with Crippen LogP contribution in [0.1, 0.15) is 20.8 Å². The largest absolute Gasteiger partial charge is 0.311 e. The van der Waals surface area contributed by atoms with E-state index in [1.165, 1.54) is 17.3 Å². The van der Waals surface area contributed by atoms with E-state index in [1.54, 1.807) is 6.92 Å². The maximum absolute atomic E-state index is 14.2. The van der Waals surface area contributed by atoms with Crippen molar-refractivity contribution in [3.8, 4) is 0 Å². The number of piperazine rings is 1. The molecule has 0 aromatic heterocycles. The molecule has 1 aromatic carbocycles. The van der Waals surface area contributed by atoms with Gasteiger partial charge in [0.15, 0.2) is 0 Å². The maximum atomic E-state index is 14.2. The monoisotopic (exact) mass is 379 g/mol. The molecule has 0 aliphatic carbocycles. The third-order valence-electron chi connectivity index (χ3n) is 4.17. The van der Waals surface area contributed by atoms with Crippen molar-refractivity contribution in [2.45, 2.75) is 37.8 Å². The average molecular weight is 379 g/mol. The Labute approximate surface area is 142 Å². The molecule has 136 valence electrons. The molecular formula is C14H22FN3O4S2. The van der Waals surface area contributed by atoms with Crippen LogP contribution in [0.15, 0.2) is 23.1 Å². The summed E-state index contributed by atoms with van der Waals surface area (Å²) in [7, 11) is -7.49. The molecular weight excluding hydrogens is 357 g/mol. The lowest BCUT2D eigenvalue weighted by molar-refractivity contribution is 0.233. The molecule has 0 bridgehead atoms. The standard InChI is InChI=1S/C14H22FN3O4S2/c1-4-23(19,20)17-14-6-5-12(9-13(14)15)24(21,22)18-8-7-16-10(2)11(18)3/h5-6,9-11,16-17H,4,7-8H2,1-3H3. The fraction of sp³-hybridized carbons (Fsp3) is 0.571. The smallest absolute Gasteiger partial charge is 0.243 e. The molecule has 1 aromatic rings. The molecule has 1 aliphatic heterocycles. The van der Waals surface area contributed by atoms with Crippen molar-refractivity contribution in [2.75, 3.05) is 23.6 Å². The van der Waals surface area contributed by atoms with E-state index in [4.69, 9.17) is 0 Å². The van der Waals surface area contributed by atoms with Gasteiger partial charge in [0.1, 0.15) is 5.82 Å². The first kappa shape index (κ1) is 19.1. The topological polar surface area (TPSA) is 95.6 Å². The lowest BCUT2D eigenvalue weighted by atomic mass is 10.1. The second-order valence-corrected chi connectivity index (χ2v) is 9.65. The van der Waals surface area contributed by atoms with Gasteiger partial charge in [0.25, 0.3) is 0 Å². The summed E-state index contributed by atoms with van der Waals surface area (Å²) in [6, 6.07) is 2.90. The van der Waals surface area contributed by atoms with Gasteiger partial charge in [0.2, 0.25) is 20.0 Å². The Kier molecular flexibility index (Phi) is 5.53. The Morgan fingerprint density at radius 3 is 2.54 bits per heavy atom. The van der Waals surface area contributed by atoms with Gasteiger partial charge in [-0.05, 0) is 39.0 Å². The van der Waals surface area contributed by atoms with Crippen LogP contribution in [0.5, 0.6) is 0 Å². The van der Waals surface area contributed by atoms with Gasteiger partial charge >= 0.3 is 0 Å². The van der Waals surface area contributed by atoms with Crippen LogP contribution in [-0.4, -0.2) is 52.1 Å². The van der Waals surface area contributed by atoms with Crippen LogP contribution >= 0.6 is 0 Å². The highest BCUT2D eigenvalue weighted by atomic mass is 32.2. The lowest BCUT2D eigenvalue weighted by Gasteiger charge is -2.37. The fourth-order valence-electron chi connectivity index (χ4n) is 2.48. The van der Waals surface area contributed by atoms with E-state index in [0.29, 0.717) is 13.1 Å². The minimum Gasteiger partial charge on any atom is -0.311 e. The zero-order valence-electron chi connectivity index (χ0n) is 13.8. The summed E-state index contributed by atoms with van der Waals surface area (Å²) >= 11 is 0. The highest BCUT2D eigenvalue weighted by Gasteiger charge is 2.34. The average Bonchev–Trinajstić information content (AvgIpc) is 2.51. The molecule has 0 spiro atoms. The SMILES string of the molecule is CCS(=O)(=O)Nc1ccc(S(=O)(=O)N2CCNC(C)C2C)cc1F. The maximum Gasteiger partial charge on any atom is 0.243 e. The molecule has 1 heterocycles. The summed E-state index contributed by atoms with van der Waals surface area (Å²) in [5, 5.41) is 3.18. The van der Waals surface area contributed by atoms with Gasteiger partial charge in [-0.15, -0.1) is 0 Å². The normalized spacial score (nSPS) is 23.2. The van der Waals surface area contributed by atoms with Crippen molar-refractivity contribution < 1.29 is 21.2 Å². The molecule has 2 unspecified atom stereocenters. The van der Waals surface area contributed by atoms with Gasteiger partial charge in [-0.3, -0.25) is 4.72 Å². The molecule has 2 atom stereocenters. The number of anilines is 1. The number of halogens is 1. The molecule has 0 saturated carbocycles. The number of benzene rings is 1. The minimum absolute atomic E-state index is 0.0194. The lowest BCUT2D eigenvalue weighted by Crippen LogP contribution is -2.57. The first-order valence-electron chi connectivity index (χ1n) is 7.63. The van der Waals surface area contributed by atoms with Gasteiger partial charge in [0, 0.05) is 25.2 Å². The zero-order valence-corrected chi connectivity index (χ0v) is 15.4. The Bertz CT molecular complexity index is 811.